The maximum Gasteiger partial charge on any atom is 0.152 e. The predicted octanol–water partition coefficient (Wildman–Crippen LogP) is 4.77. The molecule has 2 aromatic heterocycles. The number of hydrogen-bond acceptors (Lipinski definition) is 1. The lowest BCUT2D eigenvalue weighted by atomic mass is 10.1. The fraction of sp³-hybridized carbons (Fsp3) is 0.105. The van der Waals surface area contributed by atoms with Crippen molar-refractivity contribution >= 4 is 28.1 Å². The zero-order valence-corrected chi connectivity index (χ0v) is 12.7. The first kappa shape index (κ1) is 14.1. The molecule has 2 heterocycles. The van der Waals surface area contributed by atoms with Gasteiger partial charge in [-0.05, 0) is 37.4 Å². The largest absolute Gasteiger partial charge is 0.359 e. The molecule has 0 radical (unpaired) electrons. The minimum absolute atomic E-state index is 0.769. The second-order valence-corrected chi connectivity index (χ2v) is 5.37. The van der Waals surface area contributed by atoms with Crippen molar-refractivity contribution < 1.29 is 4.79 Å². The fourth-order valence-corrected chi connectivity index (χ4v) is 2.67. The van der Waals surface area contributed by atoms with E-state index in [1.165, 1.54) is 16.6 Å². The number of H-pyrrole nitrogens is 2. The summed E-state index contributed by atoms with van der Waals surface area (Å²) in [6.45, 7) is 3.98. The standard InChI is InChI=1S/C10H9NO.C9H9N/c1-7-9(6-12)8-4-2-3-5-10(8)11-7;1-7-6-8-4-2-3-5-9(8)10-7/h2-6,11H,1H3;2-6,10H,1H3. The molecule has 0 aliphatic carbocycles. The molecule has 2 aromatic carbocycles. The predicted molar refractivity (Wildman–Crippen MR) is 91.5 cm³/mol. The maximum atomic E-state index is 10.7. The normalized spacial score (nSPS) is 10.5. The molecule has 0 saturated carbocycles. The average molecular weight is 290 g/mol. The number of carbonyl (C=O) groups excluding carboxylic acids is 1. The molecule has 0 unspecified atom stereocenters. The molecule has 3 nitrogen and oxygen atoms in total. The van der Waals surface area contributed by atoms with Crippen LogP contribution in [0.3, 0.4) is 0 Å². The van der Waals surface area contributed by atoms with Crippen molar-refractivity contribution in [1.82, 2.24) is 9.97 Å². The summed E-state index contributed by atoms with van der Waals surface area (Å²) in [4.78, 5) is 17.1. The highest BCUT2D eigenvalue weighted by atomic mass is 16.1. The van der Waals surface area contributed by atoms with Crippen LogP contribution in [0.5, 0.6) is 0 Å². The summed E-state index contributed by atoms with van der Waals surface area (Å²) in [6, 6.07) is 18.2. The van der Waals surface area contributed by atoms with Crippen molar-refractivity contribution in [3.8, 4) is 0 Å². The van der Waals surface area contributed by atoms with Gasteiger partial charge in [-0.2, -0.15) is 0 Å². The monoisotopic (exact) mass is 290 g/mol. The van der Waals surface area contributed by atoms with Gasteiger partial charge >= 0.3 is 0 Å². The van der Waals surface area contributed by atoms with Gasteiger partial charge in [-0.3, -0.25) is 4.79 Å². The second-order valence-electron chi connectivity index (χ2n) is 5.37. The maximum absolute atomic E-state index is 10.7. The molecular formula is C19H18N2O. The molecule has 0 fully saturated rings. The number of aldehydes is 1. The topological polar surface area (TPSA) is 48.6 Å². The summed E-state index contributed by atoms with van der Waals surface area (Å²) in [5.74, 6) is 0. The highest BCUT2D eigenvalue weighted by molar-refractivity contribution is 5.98. The Kier molecular flexibility index (Phi) is 3.79. The van der Waals surface area contributed by atoms with E-state index in [9.17, 15) is 4.79 Å². The number of fused-ring (bicyclic) bond motifs is 2. The van der Waals surface area contributed by atoms with Crippen LogP contribution in [0.25, 0.3) is 21.8 Å². The van der Waals surface area contributed by atoms with E-state index < -0.39 is 0 Å². The molecular weight excluding hydrogens is 272 g/mol. The Morgan fingerprint density at radius 1 is 0.864 bits per heavy atom. The summed E-state index contributed by atoms with van der Waals surface area (Å²) in [7, 11) is 0. The van der Waals surface area contributed by atoms with Crippen LogP contribution in [0.15, 0.2) is 54.6 Å². The highest BCUT2D eigenvalue weighted by Crippen LogP contribution is 2.19. The van der Waals surface area contributed by atoms with E-state index in [1.807, 2.05) is 37.3 Å². The first-order chi connectivity index (χ1) is 10.7. The van der Waals surface area contributed by atoms with E-state index in [1.54, 1.807) is 0 Å². The lowest BCUT2D eigenvalue weighted by Gasteiger charge is -1.87. The lowest BCUT2D eigenvalue weighted by Crippen LogP contribution is -1.79. The Balaban J connectivity index is 0.000000133. The van der Waals surface area contributed by atoms with E-state index in [-0.39, 0.29) is 0 Å². The number of carbonyl (C=O) groups is 1. The third-order valence-corrected chi connectivity index (χ3v) is 3.73. The van der Waals surface area contributed by atoms with Crippen LogP contribution in [-0.4, -0.2) is 16.3 Å². The first-order valence-electron chi connectivity index (χ1n) is 7.26. The van der Waals surface area contributed by atoms with Gasteiger partial charge < -0.3 is 9.97 Å². The number of aromatic amines is 2. The average Bonchev–Trinajstić information content (AvgIpc) is 3.05. The SMILES string of the molecule is Cc1[nH]c2ccccc2c1C=O.Cc1cc2ccccc2[nH]1. The van der Waals surface area contributed by atoms with E-state index in [2.05, 4.69) is 41.2 Å². The number of para-hydroxylation sites is 2. The molecule has 2 N–H and O–H groups in total. The van der Waals surface area contributed by atoms with Crippen LogP contribution < -0.4 is 0 Å². The van der Waals surface area contributed by atoms with Gasteiger partial charge in [0.1, 0.15) is 0 Å². The number of nitrogens with one attached hydrogen (secondary N) is 2. The van der Waals surface area contributed by atoms with E-state index in [0.717, 1.165) is 28.4 Å². The number of hydrogen-bond donors (Lipinski definition) is 2. The van der Waals surface area contributed by atoms with Crippen molar-refractivity contribution in [3.05, 3.63) is 71.5 Å². The van der Waals surface area contributed by atoms with Crippen LogP contribution in [0.1, 0.15) is 21.7 Å². The second kappa shape index (κ2) is 5.90. The number of rotatable bonds is 1. The summed E-state index contributed by atoms with van der Waals surface area (Å²) in [6.07, 6.45) is 0.897. The smallest absolute Gasteiger partial charge is 0.152 e. The molecule has 0 bridgehead atoms. The van der Waals surface area contributed by atoms with Gasteiger partial charge in [-0.15, -0.1) is 0 Å². The fourth-order valence-electron chi connectivity index (χ4n) is 2.67. The zero-order valence-electron chi connectivity index (χ0n) is 12.7. The molecule has 4 aromatic rings. The molecule has 3 heteroatoms. The van der Waals surface area contributed by atoms with Crippen molar-refractivity contribution in [2.24, 2.45) is 0 Å². The molecule has 0 atom stereocenters. The van der Waals surface area contributed by atoms with Crippen LogP contribution >= 0.6 is 0 Å². The van der Waals surface area contributed by atoms with E-state index in [0.29, 0.717) is 0 Å². The van der Waals surface area contributed by atoms with Gasteiger partial charge in [-0.1, -0.05) is 36.4 Å². The Morgan fingerprint density at radius 2 is 1.55 bits per heavy atom. The highest BCUT2D eigenvalue weighted by Gasteiger charge is 2.04. The molecule has 4 rings (SSSR count). The number of benzene rings is 2. The van der Waals surface area contributed by atoms with Crippen LogP contribution in [0.4, 0.5) is 0 Å². The Bertz CT molecular complexity index is 898. The van der Waals surface area contributed by atoms with Crippen LogP contribution in [-0.2, 0) is 0 Å². The molecule has 0 aliphatic rings. The summed E-state index contributed by atoms with van der Waals surface area (Å²) < 4.78 is 0. The minimum Gasteiger partial charge on any atom is -0.359 e. The quantitative estimate of drug-likeness (QED) is 0.488. The van der Waals surface area contributed by atoms with Crippen molar-refractivity contribution in [1.29, 1.82) is 0 Å². The molecule has 0 aliphatic heterocycles. The molecule has 22 heavy (non-hydrogen) atoms. The van der Waals surface area contributed by atoms with Gasteiger partial charge in [0.15, 0.2) is 6.29 Å². The molecule has 0 spiro atoms. The lowest BCUT2D eigenvalue weighted by molar-refractivity contribution is 0.112. The van der Waals surface area contributed by atoms with Gasteiger partial charge in [-0.25, -0.2) is 0 Å². The summed E-state index contributed by atoms with van der Waals surface area (Å²) >= 11 is 0. The molecule has 110 valence electrons. The van der Waals surface area contributed by atoms with Crippen molar-refractivity contribution in [2.75, 3.05) is 0 Å². The number of aryl methyl sites for hydroxylation is 2. The van der Waals surface area contributed by atoms with Crippen LogP contribution in [0, 0.1) is 13.8 Å². The summed E-state index contributed by atoms with van der Waals surface area (Å²) in [5.41, 5.74) is 5.18. The molecule has 0 saturated heterocycles. The minimum atomic E-state index is 0.769. The van der Waals surface area contributed by atoms with E-state index in [4.69, 9.17) is 0 Å². The first-order valence-corrected chi connectivity index (χ1v) is 7.26. The van der Waals surface area contributed by atoms with Crippen molar-refractivity contribution in [2.45, 2.75) is 13.8 Å². The Morgan fingerprint density at radius 3 is 2.27 bits per heavy atom. The van der Waals surface area contributed by atoms with Crippen molar-refractivity contribution in [3.63, 3.8) is 0 Å². The molecule has 0 amide bonds. The van der Waals surface area contributed by atoms with Gasteiger partial charge in [0, 0.05) is 33.4 Å². The van der Waals surface area contributed by atoms with Gasteiger partial charge in [0.05, 0.1) is 0 Å². The van der Waals surface area contributed by atoms with Gasteiger partial charge in [0.25, 0.3) is 0 Å². The Labute approximate surface area is 129 Å². The van der Waals surface area contributed by atoms with Crippen LogP contribution in [0.2, 0.25) is 0 Å². The third kappa shape index (κ3) is 2.66. The third-order valence-electron chi connectivity index (χ3n) is 3.73. The zero-order chi connectivity index (χ0) is 15.5. The van der Waals surface area contributed by atoms with Gasteiger partial charge in [0.2, 0.25) is 0 Å². The Hall–Kier alpha value is -2.81. The van der Waals surface area contributed by atoms with E-state index >= 15 is 0 Å². The summed E-state index contributed by atoms with van der Waals surface area (Å²) in [5, 5.41) is 2.30. The number of aromatic nitrogens is 2.